The number of nitrogens with one attached hydrogen (secondary N) is 1. The number of hydrazone groups is 1. The minimum Gasteiger partial charge on any atom is -0.463 e. The summed E-state index contributed by atoms with van der Waals surface area (Å²) in [4.78, 5) is 3.56. The molecule has 0 bridgehead atoms. The SMILES string of the molecule is FC(F)(F)c1cnc(N/N=C/c2ccco2)c(Cl)c1. The van der Waals surface area contributed by atoms with Gasteiger partial charge >= 0.3 is 6.18 Å². The number of halogens is 4. The quantitative estimate of drug-likeness (QED) is 0.691. The summed E-state index contributed by atoms with van der Waals surface area (Å²) in [5.41, 5.74) is 1.51. The Morgan fingerprint density at radius 2 is 2.21 bits per heavy atom. The molecule has 2 rings (SSSR count). The van der Waals surface area contributed by atoms with E-state index in [0.717, 1.165) is 6.07 Å². The number of alkyl halides is 3. The molecule has 0 atom stereocenters. The van der Waals surface area contributed by atoms with E-state index in [-0.39, 0.29) is 10.8 Å². The highest BCUT2D eigenvalue weighted by molar-refractivity contribution is 6.32. The number of nitrogens with zero attached hydrogens (tertiary/aromatic N) is 2. The van der Waals surface area contributed by atoms with E-state index in [2.05, 4.69) is 15.5 Å². The molecule has 100 valence electrons. The summed E-state index contributed by atoms with van der Waals surface area (Å²) in [7, 11) is 0. The maximum absolute atomic E-state index is 12.4. The minimum absolute atomic E-state index is 0.0254. The van der Waals surface area contributed by atoms with Crippen LogP contribution < -0.4 is 5.43 Å². The molecule has 0 aromatic carbocycles. The number of aromatic nitrogens is 1. The lowest BCUT2D eigenvalue weighted by Crippen LogP contribution is -2.06. The second-order valence-electron chi connectivity index (χ2n) is 3.44. The molecule has 0 unspecified atom stereocenters. The highest BCUT2D eigenvalue weighted by Crippen LogP contribution is 2.32. The van der Waals surface area contributed by atoms with E-state index in [1.807, 2.05) is 0 Å². The van der Waals surface area contributed by atoms with E-state index in [1.165, 1.54) is 12.5 Å². The second kappa shape index (κ2) is 5.31. The van der Waals surface area contributed by atoms with Gasteiger partial charge in [-0.25, -0.2) is 4.98 Å². The van der Waals surface area contributed by atoms with E-state index in [0.29, 0.717) is 12.0 Å². The van der Waals surface area contributed by atoms with Crippen molar-refractivity contribution in [2.75, 3.05) is 5.43 Å². The van der Waals surface area contributed by atoms with Crippen molar-refractivity contribution in [1.29, 1.82) is 0 Å². The van der Waals surface area contributed by atoms with Gasteiger partial charge in [0, 0.05) is 6.20 Å². The maximum atomic E-state index is 12.4. The molecule has 0 amide bonds. The Kier molecular flexibility index (Phi) is 3.75. The Morgan fingerprint density at radius 3 is 2.79 bits per heavy atom. The molecule has 0 aliphatic heterocycles. The van der Waals surface area contributed by atoms with Crippen molar-refractivity contribution in [3.05, 3.63) is 47.0 Å². The maximum Gasteiger partial charge on any atom is 0.417 e. The van der Waals surface area contributed by atoms with Crippen LogP contribution in [-0.2, 0) is 6.18 Å². The zero-order valence-corrected chi connectivity index (χ0v) is 10.0. The van der Waals surface area contributed by atoms with Gasteiger partial charge in [-0.1, -0.05) is 11.6 Å². The molecule has 0 radical (unpaired) electrons. The molecule has 0 spiro atoms. The number of pyridine rings is 1. The number of anilines is 1. The topological polar surface area (TPSA) is 50.4 Å². The summed E-state index contributed by atoms with van der Waals surface area (Å²) >= 11 is 5.67. The molecule has 8 heteroatoms. The summed E-state index contributed by atoms with van der Waals surface area (Å²) in [6, 6.07) is 4.11. The fourth-order valence-corrected chi connectivity index (χ4v) is 1.41. The van der Waals surface area contributed by atoms with Crippen LogP contribution in [0.25, 0.3) is 0 Å². The van der Waals surface area contributed by atoms with E-state index < -0.39 is 11.7 Å². The molecule has 0 saturated carbocycles. The molecule has 4 nitrogen and oxygen atoms in total. The van der Waals surface area contributed by atoms with Gasteiger partial charge in [0.1, 0.15) is 5.76 Å². The second-order valence-corrected chi connectivity index (χ2v) is 3.84. The van der Waals surface area contributed by atoms with Gasteiger partial charge in [-0.2, -0.15) is 18.3 Å². The summed E-state index contributed by atoms with van der Waals surface area (Å²) in [5.74, 6) is 0.507. The number of hydrogen-bond acceptors (Lipinski definition) is 4. The van der Waals surface area contributed by atoms with Crippen LogP contribution in [0.3, 0.4) is 0 Å². The van der Waals surface area contributed by atoms with Gasteiger partial charge < -0.3 is 4.42 Å². The lowest BCUT2D eigenvalue weighted by atomic mass is 10.3. The van der Waals surface area contributed by atoms with Crippen molar-refractivity contribution in [3.63, 3.8) is 0 Å². The smallest absolute Gasteiger partial charge is 0.417 e. The Balaban J connectivity index is 2.10. The van der Waals surface area contributed by atoms with E-state index in [1.54, 1.807) is 12.1 Å². The van der Waals surface area contributed by atoms with Gasteiger partial charge in [0.05, 0.1) is 23.1 Å². The van der Waals surface area contributed by atoms with Crippen LogP contribution in [0.2, 0.25) is 5.02 Å². The lowest BCUT2D eigenvalue weighted by Gasteiger charge is -2.08. The third-order valence-electron chi connectivity index (χ3n) is 2.07. The number of hydrogen-bond donors (Lipinski definition) is 1. The molecule has 2 heterocycles. The Bertz CT molecular complexity index is 581. The van der Waals surface area contributed by atoms with Crippen molar-refractivity contribution < 1.29 is 17.6 Å². The van der Waals surface area contributed by atoms with Crippen molar-refractivity contribution in [1.82, 2.24) is 4.98 Å². The highest BCUT2D eigenvalue weighted by Gasteiger charge is 2.31. The highest BCUT2D eigenvalue weighted by atomic mass is 35.5. The molecule has 1 N–H and O–H groups in total. The summed E-state index contributed by atoms with van der Waals surface area (Å²) in [6.07, 6.45) is -0.996. The molecule has 2 aromatic rings. The van der Waals surface area contributed by atoms with Crippen LogP contribution in [0.15, 0.2) is 40.2 Å². The van der Waals surface area contributed by atoms with Gasteiger partial charge in [-0.3, -0.25) is 5.43 Å². The molecular weight excluding hydrogens is 283 g/mol. The average molecular weight is 290 g/mol. The molecule has 0 aliphatic rings. The normalized spacial score (nSPS) is 12.0. The molecule has 19 heavy (non-hydrogen) atoms. The Hall–Kier alpha value is -2.02. The summed E-state index contributed by atoms with van der Waals surface area (Å²) in [5, 5.41) is 3.57. The fourth-order valence-electron chi connectivity index (χ4n) is 1.20. The van der Waals surface area contributed by atoms with E-state index >= 15 is 0 Å². The lowest BCUT2D eigenvalue weighted by molar-refractivity contribution is -0.137. The average Bonchev–Trinajstić information content (AvgIpc) is 2.83. The first-order valence-electron chi connectivity index (χ1n) is 5.02. The van der Waals surface area contributed by atoms with E-state index in [4.69, 9.17) is 16.0 Å². The van der Waals surface area contributed by atoms with Gasteiger partial charge in [-0.15, -0.1) is 0 Å². The third-order valence-corrected chi connectivity index (χ3v) is 2.36. The Morgan fingerprint density at radius 1 is 1.42 bits per heavy atom. The first kappa shape index (κ1) is 13.4. The molecule has 0 aliphatic carbocycles. The van der Waals surface area contributed by atoms with Gasteiger partial charge in [0.25, 0.3) is 0 Å². The Labute approximate surface area is 110 Å². The molecular formula is C11H7ClF3N3O. The summed E-state index contributed by atoms with van der Waals surface area (Å²) in [6.45, 7) is 0. The molecule has 0 saturated heterocycles. The van der Waals surface area contributed by atoms with Gasteiger partial charge in [0.15, 0.2) is 5.82 Å². The zero-order chi connectivity index (χ0) is 13.9. The van der Waals surface area contributed by atoms with Crippen molar-refractivity contribution in [2.45, 2.75) is 6.18 Å². The first-order chi connectivity index (χ1) is 8.97. The van der Waals surface area contributed by atoms with Crippen LogP contribution in [0, 0.1) is 0 Å². The van der Waals surface area contributed by atoms with Crippen LogP contribution >= 0.6 is 11.6 Å². The monoisotopic (exact) mass is 289 g/mol. The van der Waals surface area contributed by atoms with E-state index in [9.17, 15) is 13.2 Å². The molecule has 2 aromatic heterocycles. The van der Waals surface area contributed by atoms with Crippen LogP contribution in [-0.4, -0.2) is 11.2 Å². The standard InChI is InChI=1S/C11H7ClF3N3O/c12-9-4-7(11(13,14)15)5-16-10(9)18-17-6-8-2-1-3-19-8/h1-6H,(H,16,18)/b17-6+. The number of rotatable bonds is 3. The minimum atomic E-state index is -4.48. The fraction of sp³-hybridized carbons (Fsp3) is 0.0909. The van der Waals surface area contributed by atoms with Crippen molar-refractivity contribution in [3.8, 4) is 0 Å². The van der Waals surface area contributed by atoms with Crippen LogP contribution in [0.5, 0.6) is 0 Å². The van der Waals surface area contributed by atoms with Crippen molar-refractivity contribution in [2.24, 2.45) is 5.10 Å². The predicted molar refractivity (Wildman–Crippen MR) is 64.2 cm³/mol. The largest absolute Gasteiger partial charge is 0.463 e. The van der Waals surface area contributed by atoms with Crippen LogP contribution in [0.1, 0.15) is 11.3 Å². The van der Waals surface area contributed by atoms with Crippen LogP contribution in [0.4, 0.5) is 19.0 Å². The van der Waals surface area contributed by atoms with Gasteiger partial charge in [-0.05, 0) is 18.2 Å². The third kappa shape index (κ3) is 3.47. The summed E-state index contributed by atoms with van der Waals surface area (Å²) < 4.78 is 42.1. The first-order valence-corrected chi connectivity index (χ1v) is 5.40. The predicted octanol–water partition coefficient (Wildman–Crippen LogP) is 3.79. The van der Waals surface area contributed by atoms with Crippen molar-refractivity contribution >= 4 is 23.6 Å². The zero-order valence-electron chi connectivity index (χ0n) is 9.28. The molecule has 0 fully saturated rings. The number of furan rings is 1. The van der Waals surface area contributed by atoms with Gasteiger partial charge in [0.2, 0.25) is 0 Å².